The topological polar surface area (TPSA) is 67.8 Å². The van der Waals surface area contributed by atoms with Gasteiger partial charge in [-0.05, 0) is 12.5 Å². The Morgan fingerprint density at radius 3 is 2.73 bits per heavy atom. The second-order valence-electron chi connectivity index (χ2n) is 7.79. The molecular weight excluding hydrogens is 380 g/mol. The molecule has 7 heteroatoms. The summed E-state index contributed by atoms with van der Waals surface area (Å²) in [7, 11) is 1.69. The van der Waals surface area contributed by atoms with Crippen LogP contribution in [0.4, 0.5) is 5.82 Å². The van der Waals surface area contributed by atoms with E-state index in [9.17, 15) is 4.79 Å². The Balaban J connectivity index is 1.68. The summed E-state index contributed by atoms with van der Waals surface area (Å²) < 4.78 is 11.1. The summed E-state index contributed by atoms with van der Waals surface area (Å²) in [6, 6.07) is 8.00. The minimum Gasteiger partial charge on any atom is -0.496 e. The Kier molecular flexibility index (Phi) is 6.47. The molecule has 1 aromatic carbocycles. The number of anilines is 1. The van der Waals surface area contributed by atoms with E-state index >= 15 is 0 Å². The van der Waals surface area contributed by atoms with Crippen LogP contribution in [0.3, 0.4) is 0 Å². The molecule has 4 rings (SSSR count). The van der Waals surface area contributed by atoms with Crippen molar-refractivity contribution in [2.75, 3.05) is 44.9 Å². The number of carbonyl (C=O) groups excluding carboxylic acids is 1. The normalized spacial score (nSPS) is 16.3. The number of ether oxygens (including phenoxy) is 2. The van der Waals surface area contributed by atoms with Gasteiger partial charge in [0.15, 0.2) is 0 Å². The van der Waals surface area contributed by atoms with Crippen molar-refractivity contribution in [3.63, 3.8) is 0 Å². The van der Waals surface area contributed by atoms with E-state index in [1.165, 1.54) is 0 Å². The van der Waals surface area contributed by atoms with E-state index in [-0.39, 0.29) is 5.91 Å². The Bertz CT molecular complexity index is 896. The van der Waals surface area contributed by atoms with Gasteiger partial charge in [0.25, 0.3) is 0 Å². The van der Waals surface area contributed by atoms with Gasteiger partial charge in [-0.1, -0.05) is 25.1 Å². The molecule has 0 saturated carbocycles. The summed E-state index contributed by atoms with van der Waals surface area (Å²) in [4.78, 5) is 26.7. The van der Waals surface area contributed by atoms with Crippen molar-refractivity contribution in [1.82, 2.24) is 14.9 Å². The summed E-state index contributed by atoms with van der Waals surface area (Å²) in [5.74, 6) is 2.83. The maximum Gasteiger partial charge on any atom is 0.222 e. The quantitative estimate of drug-likeness (QED) is 0.729. The molecule has 160 valence electrons. The molecular formula is C23H30N4O3. The van der Waals surface area contributed by atoms with Gasteiger partial charge in [-0.25, -0.2) is 9.97 Å². The molecule has 2 aliphatic heterocycles. The fraction of sp³-hybridized carbons (Fsp3) is 0.522. The van der Waals surface area contributed by atoms with Crippen molar-refractivity contribution in [1.29, 1.82) is 0 Å². The van der Waals surface area contributed by atoms with Crippen LogP contribution in [0.5, 0.6) is 5.75 Å². The van der Waals surface area contributed by atoms with Crippen molar-refractivity contribution in [2.45, 2.75) is 39.2 Å². The van der Waals surface area contributed by atoms with Crippen LogP contribution in [0, 0.1) is 0 Å². The van der Waals surface area contributed by atoms with Gasteiger partial charge in [0, 0.05) is 50.0 Å². The fourth-order valence-corrected chi connectivity index (χ4v) is 4.17. The number of nitrogens with zero attached hydrogens (tertiary/aromatic N) is 4. The van der Waals surface area contributed by atoms with Crippen molar-refractivity contribution in [3.8, 4) is 5.75 Å². The predicted molar refractivity (Wildman–Crippen MR) is 115 cm³/mol. The number of para-hydroxylation sites is 1. The van der Waals surface area contributed by atoms with E-state index in [1.54, 1.807) is 7.11 Å². The van der Waals surface area contributed by atoms with Crippen molar-refractivity contribution in [3.05, 3.63) is 46.9 Å². The van der Waals surface area contributed by atoms with E-state index in [4.69, 9.17) is 19.4 Å². The largest absolute Gasteiger partial charge is 0.496 e. The van der Waals surface area contributed by atoms with Gasteiger partial charge in [-0.3, -0.25) is 4.79 Å². The first kappa shape index (κ1) is 20.6. The van der Waals surface area contributed by atoms with E-state index in [1.807, 2.05) is 30.0 Å². The summed E-state index contributed by atoms with van der Waals surface area (Å²) in [5.41, 5.74) is 3.23. The van der Waals surface area contributed by atoms with Crippen LogP contribution in [-0.2, 0) is 28.9 Å². The number of amides is 1. The number of aromatic nitrogens is 2. The second kappa shape index (κ2) is 9.43. The maximum atomic E-state index is 12.5. The Labute approximate surface area is 178 Å². The summed E-state index contributed by atoms with van der Waals surface area (Å²) in [5, 5.41) is 0. The van der Waals surface area contributed by atoms with Crippen LogP contribution >= 0.6 is 0 Å². The maximum absolute atomic E-state index is 12.5. The molecule has 0 bridgehead atoms. The van der Waals surface area contributed by atoms with Crippen LogP contribution < -0.4 is 9.64 Å². The van der Waals surface area contributed by atoms with E-state index in [0.29, 0.717) is 32.6 Å². The molecule has 0 N–H and O–H groups in total. The summed E-state index contributed by atoms with van der Waals surface area (Å²) in [6.07, 6.45) is 2.85. The third kappa shape index (κ3) is 4.41. The molecule has 30 heavy (non-hydrogen) atoms. The number of benzene rings is 1. The SMILES string of the molecule is CCCC(=O)N1CCc2nc(Cc3ccccc3OC)nc(N3CCOCC3)c2C1. The molecule has 0 unspecified atom stereocenters. The zero-order valence-corrected chi connectivity index (χ0v) is 17.9. The number of morpholine rings is 1. The Morgan fingerprint density at radius 1 is 1.17 bits per heavy atom. The molecule has 3 heterocycles. The van der Waals surface area contributed by atoms with E-state index in [2.05, 4.69) is 11.0 Å². The zero-order chi connectivity index (χ0) is 20.9. The molecule has 0 aliphatic carbocycles. The van der Waals surface area contributed by atoms with Gasteiger partial charge in [0.05, 0.1) is 32.6 Å². The first-order chi connectivity index (χ1) is 14.7. The lowest BCUT2D eigenvalue weighted by atomic mass is 10.0. The lowest BCUT2D eigenvalue weighted by Crippen LogP contribution is -2.41. The van der Waals surface area contributed by atoms with Crippen LogP contribution in [0.1, 0.15) is 42.4 Å². The molecule has 1 saturated heterocycles. The fourth-order valence-electron chi connectivity index (χ4n) is 4.17. The zero-order valence-electron chi connectivity index (χ0n) is 17.9. The third-order valence-corrected chi connectivity index (χ3v) is 5.75. The van der Waals surface area contributed by atoms with Crippen LogP contribution in [-0.4, -0.2) is 60.7 Å². The molecule has 0 spiro atoms. The minimum atomic E-state index is 0.217. The first-order valence-electron chi connectivity index (χ1n) is 10.8. The highest BCUT2D eigenvalue weighted by Gasteiger charge is 2.28. The molecule has 2 aliphatic rings. The molecule has 0 atom stereocenters. The average molecular weight is 411 g/mol. The first-order valence-corrected chi connectivity index (χ1v) is 10.8. The molecule has 2 aromatic rings. The van der Waals surface area contributed by atoms with Crippen molar-refractivity contribution in [2.24, 2.45) is 0 Å². The van der Waals surface area contributed by atoms with Gasteiger partial charge >= 0.3 is 0 Å². The van der Waals surface area contributed by atoms with Crippen LogP contribution in [0.25, 0.3) is 0 Å². The number of carbonyl (C=O) groups is 1. The highest BCUT2D eigenvalue weighted by atomic mass is 16.5. The lowest BCUT2D eigenvalue weighted by molar-refractivity contribution is -0.132. The van der Waals surface area contributed by atoms with Gasteiger partial charge in [-0.15, -0.1) is 0 Å². The number of methoxy groups -OCH3 is 1. The lowest BCUT2D eigenvalue weighted by Gasteiger charge is -2.34. The smallest absolute Gasteiger partial charge is 0.222 e. The predicted octanol–water partition coefficient (Wildman–Crippen LogP) is 2.60. The third-order valence-electron chi connectivity index (χ3n) is 5.75. The standard InChI is InChI=1S/C23H30N4O3/c1-3-6-22(28)27-10-9-19-18(16-27)23(26-11-13-30-14-12-26)25-21(24-19)15-17-7-4-5-8-20(17)29-2/h4-5,7-8H,3,6,9-16H2,1-2H3. The van der Waals surface area contributed by atoms with Crippen LogP contribution in [0.2, 0.25) is 0 Å². The number of hydrogen-bond donors (Lipinski definition) is 0. The van der Waals surface area contributed by atoms with Crippen molar-refractivity contribution >= 4 is 11.7 Å². The monoisotopic (exact) mass is 410 g/mol. The number of rotatable bonds is 6. The second-order valence-corrected chi connectivity index (χ2v) is 7.79. The highest BCUT2D eigenvalue weighted by molar-refractivity contribution is 5.76. The van der Waals surface area contributed by atoms with Gasteiger partial charge in [0.2, 0.25) is 5.91 Å². The van der Waals surface area contributed by atoms with Crippen LogP contribution in [0.15, 0.2) is 24.3 Å². The molecule has 1 fully saturated rings. The van der Waals surface area contributed by atoms with E-state index < -0.39 is 0 Å². The molecule has 1 aromatic heterocycles. The van der Waals surface area contributed by atoms with Gasteiger partial charge < -0.3 is 19.3 Å². The van der Waals surface area contributed by atoms with Gasteiger partial charge in [0.1, 0.15) is 17.4 Å². The number of hydrogen-bond acceptors (Lipinski definition) is 6. The minimum absolute atomic E-state index is 0.217. The summed E-state index contributed by atoms with van der Waals surface area (Å²) in [6.45, 7) is 6.36. The molecule has 1 amide bonds. The summed E-state index contributed by atoms with van der Waals surface area (Å²) >= 11 is 0. The number of fused-ring (bicyclic) bond motifs is 1. The Hall–Kier alpha value is -2.67. The van der Waals surface area contributed by atoms with Crippen molar-refractivity contribution < 1.29 is 14.3 Å². The highest BCUT2D eigenvalue weighted by Crippen LogP contribution is 2.29. The van der Waals surface area contributed by atoms with Gasteiger partial charge in [-0.2, -0.15) is 0 Å². The average Bonchev–Trinajstić information content (AvgIpc) is 2.79. The Morgan fingerprint density at radius 2 is 1.97 bits per heavy atom. The molecule has 0 radical (unpaired) electrons. The van der Waals surface area contributed by atoms with E-state index in [0.717, 1.165) is 66.7 Å². The molecule has 7 nitrogen and oxygen atoms in total.